The van der Waals surface area contributed by atoms with E-state index >= 15 is 0 Å². The van der Waals surface area contributed by atoms with Gasteiger partial charge in [0.15, 0.2) is 5.16 Å². The van der Waals surface area contributed by atoms with Gasteiger partial charge in [0, 0.05) is 18.1 Å². The second-order valence-corrected chi connectivity index (χ2v) is 9.54. The first-order valence-corrected chi connectivity index (χ1v) is 12.2. The Kier molecular flexibility index (Phi) is 6.92. The molecule has 0 aliphatic carbocycles. The number of hydrogen-bond donors (Lipinski definition) is 2. The third-order valence-corrected chi connectivity index (χ3v) is 6.84. The van der Waals surface area contributed by atoms with E-state index in [1.165, 1.54) is 42.3 Å². The second-order valence-electron chi connectivity index (χ2n) is 6.83. The fraction of sp³-hybridized carbons (Fsp3) is 0.0909. The Labute approximate surface area is 193 Å². The molecule has 2 aromatic carbocycles. The lowest BCUT2D eigenvalue weighted by molar-refractivity contribution is -0.113. The number of benzene rings is 2. The van der Waals surface area contributed by atoms with E-state index < -0.39 is 10.0 Å². The zero-order valence-corrected chi connectivity index (χ0v) is 18.8. The Hall–Kier alpha value is -3.41. The first-order chi connectivity index (χ1) is 15.9. The average molecular weight is 487 g/mol. The second kappa shape index (κ2) is 10.0. The van der Waals surface area contributed by atoms with Crippen LogP contribution in [0.1, 0.15) is 5.76 Å². The Morgan fingerprint density at radius 3 is 2.76 bits per heavy atom. The van der Waals surface area contributed by atoms with Crippen LogP contribution in [-0.2, 0) is 21.4 Å². The average Bonchev–Trinajstić information content (AvgIpc) is 3.49. The van der Waals surface area contributed by atoms with Crippen molar-refractivity contribution < 1.29 is 22.0 Å². The number of carbonyl (C=O) groups is 1. The molecule has 33 heavy (non-hydrogen) atoms. The Balaban J connectivity index is 1.37. The normalized spacial score (nSPS) is 11.4. The van der Waals surface area contributed by atoms with Crippen LogP contribution in [-0.4, -0.2) is 29.6 Å². The number of aromatic nitrogens is 2. The number of sulfonamides is 1. The molecule has 0 unspecified atom stereocenters. The van der Waals surface area contributed by atoms with Crippen molar-refractivity contribution in [3.05, 3.63) is 90.9 Å². The highest BCUT2D eigenvalue weighted by Gasteiger charge is 2.16. The van der Waals surface area contributed by atoms with E-state index in [1.54, 1.807) is 53.4 Å². The molecular formula is C22H19FN4O4S2. The molecule has 0 radical (unpaired) electrons. The van der Waals surface area contributed by atoms with Gasteiger partial charge in [-0.1, -0.05) is 23.9 Å². The summed E-state index contributed by atoms with van der Waals surface area (Å²) in [4.78, 5) is 16.7. The van der Waals surface area contributed by atoms with Crippen LogP contribution in [0.5, 0.6) is 0 Å². The number of nitrogens with one attached hydrogen (secondary N) is 2. The number of hydrogen-bond acceptors (Lipinski definition) is 6. The minimum atomic E-state index is -3.79. The molecule has 0 saturated carbocycles. The molecule has 2 N–H and O–H groups in total. The molecule has 0 fully saturated rings. The highest BCUT2D eigenvalue weighted by molar-refractivity contribution is 7.99. The lowest BCUT2D eigenvalue weighted by Gasteiger charge is -2.10. The number of rotatable bonds is 9. The summed E-state index contributed by atoms with van der Waals surface area (Å²) in [5, 5.41) is 3.21. The van der Waals surface area contributed by atoms with Crippen molar-refractivity contribution in [3.8, 4) is 5.69 Å². The number of thioether (sulfide) groups is 1. The van der Waals surface area contributed by atoms with Gasteiger partial charge in [-0.05, 0) is 48.5 Å². The first kappa shape index (κ1) is 22.8. The summed E-state index contributed by atoms with van der Waals surface area (Å²) in [6.45, 7) is 0.0144. The fourth-order valence-corrected chi connectivity index (χ4v) is 4.76. The molecule has 0 spiro atoms. The standard InChI is InChI=1S/C22H19FN4O4S2/c23-16-4-1-6-18(12-16)27-10-9-24-22(27)32-15-21(28)26-17-5-2-8-20(13-17)33(29,30)25-14-19-7-3-11-31-19/h1-13,25H,14-15H2,(H,26,28). The van der Waals surface area contributed by atoms with Crippen LogP contribution in [0, 0.1) is 5.82 Å². The highest BCUT2D eigenvalue weighted by atomic mass is 32.2. The molecule has 1 amide bonds. The monoisotopic (exact) mass is 486 g/mol. The SMILES string of the molecule is O=C(CSc1nccn1-c1cccc(F)c1)Nc1cccc(S(=O)(=O)NCc2ccco2)c1. The van der Waals surface area contributed by atoms with E-state index in [2.05, 4.69) is 15.0 Å². The first-order valence-electron chi connectivity index (χ1n) is 9.75. The molecule has 4 rings (SSSR count). The number of nitrogens with zero attached hydrogens (tertiary/aromatic N) is 2. The van der Waals surface area contributed by atoms with Gasteiger partial charge >= 0.3 is 0 Å². The predicted molar refractivity (Wildman–Crippen MR) is 122 cm³/mol. The van der Waals surface area contributed by atoms with Gasteiger partial charge < -0.3 is 9.73 Å². The number of anilines is 1. The van der Waals surface area contributed by atoms with E-state index in [0.29, 0.717) is 22.3 Å². The van der Waals surface area contributed by atoms with Gasteiger partial charge in [-0.2, -0.15) is 0 Å². The lowest BCUT2D eigenvalue weighted by Crippen LogP contribution is -2.23. The smallest absolute Gasteiger partial charge is 0.241 e. The molecule has 0 aliphatic rings. The summed E-state index contributed by atoms with van der Waals surface area (Å²) >= 11 is 1.17. The summed E-state index contributed by atoms with van der Waals surface area (Å²) in [5.41, 5.74) is 0.935. The van der Waals surface area contributed by atoms with Crippen LogP contribution in [0.4, 0.5) is 10.1 Å². The molecule has 0 atom stereocenters. The zero-order valence-electron chi connectivity index (χ0n) is 17.1. The summed E-state index contributed by atoms with van der Waals surface area (Å²) in [5.74, 6) is -0.202. The Bertz CT molecular complexity index is 1350. The molecule has 2 heterocycles. The van der Waals surface area contributed by atoms with Crippen LogP contribution < -0.4 is 10.0 Å². The summed E-state index contributed by atoms with van der Waals surface area (Å²) in [7, 11) is -3.79. The lowest BCUT2D eigenvalue weighted by atomic mass is 10.3. The van der Waals surface area contributed by atoms with E-state index in [-0.39, 0.29) is 28.9 Å². The number of imidazole rings is 1. The molecule has 0 saturated heterocycles. The van der Waals surface area contributed by atoms with Crippen LogP contribution in [0.25, 0.3) is 5.69 Å². The maximum atomic E-state index is 13.5. The molecule has 8 nitrogen and oxygen atoms in total. The van der Waals surface area contributed by atoms with E-state index in [9.17, 15) is 17.6 Å². The van der Waals surface area contributed by atoms with Crippen LogP contribution in [0.15, 0.2) is 93.8 Å². The van der Waals surface area contributed by atoms with Gasteiger partial charge in [-0.15, -0.1) is 0 Å². The maximum absolute atomic E-state index is 13.5. The minimum Gasteiger partial charge on any atom is -0.468 e. The van der Waals surface area contributed by atoms with Crippen molar-refractivity contribution in [2.24, 2.45) is 0 Å². The molecule has 0 aliphatic heterocycles. The van der Waals surface area contributed by atoms with Crippen molar-refractivity contribution in [1.82, 2.24) is 14.3 Å². The summed E-state index contributed by atoms with van der Waals surface area (Å²) in [6, 6.07) is 15.3. The third-order valence-electron chi connectivity index (χ3n) is 4.47. The highest BCUT2D eigenvalue weighted by Crippen LogP contribution is 2.22. The Morgan fingerprint density at radius 1 is 1.12 bits per heavy atom. The predicted octanol–water partition coefficient (Wildman–Crippen LogP) is 3.81. The van der Waals surface area contributed by atoms with Crippen LogP contribution >= 0.6 is 11.8 Å². The van der Waals surface area contributed by atoms with Crippen molar-refractivity contribution in [3.63, 3.8) is 0 Å². The maximum Gasteiger partial charge on any atom is 0.241 e. The quantitative estimate of drug-likeness (QED) is 0.349. The van der Waals surface area contributed by atoms with Gasteiger partial charge in [0.05, 0.1) is 29.1 Å². The van der Waals surface area contributed by atoms with Gasteiger partial charge in [0.1, 0.15) is 11.6 Å². The van der Waals surface area contributed by atoms with Crippen molar-refractivity contribution >= 4 is 33.4 Å². The molecular weight excluding hydrogens is 467 g/mol. The Morgan fingerprint density at radius 2 is 1.97 bits per heavy atom. The van der Waals surface area contributed by atoms with E-state index in [4.69, 9.17) is 4.42 Å². The number of carbonyl (C=O) groups excluding carboxylic acids is 1. The fourth-order valence-electron chi connectivity index (χ4n) is 2.95. The van der Waals surface area contributed by atoms with Gasteiger partial charge in [-0.3, -0.25) is 9.36 Å². The largest absolute Gasteiger partial charge is 0.468 e. The molecule has 170 valence electrons. The zero-order chi connectivity index (χ0) is 23.3. The van der Waals surface area contributed by atoms with E-state index in [1.807, 2.05) is 0 Å². The number of halogens is 1. The van der Waals surface area contributed by atoms with Crippen molar-refractivity contribution in [1.29, 1.82) is 0 Å². The topological polar surface area (TPSA) is 106 Å². The minimum absolute atomic E-state index is 0.0144. The molecule has 2 aromatic heterocycles. The third kappa shape index (κ3) is 5.89. The number of amides is 1. The van der Waals surface area contributed by atoms with Crippen LogP contribution in [0.2, 0.25) is 0 Å². The van der Waals surface area contributed by atoms with Gasteiger partial charge in [0.25, 0.3) is 0 Å². The summed E-state index contributed by atoms with van der Waals surface area (Å²) in [6.07, 6.45) is 4.70. The molecule has 0 bridgehead atoms. The van der Waals surface area contributed by atoms with E-state index in [0.717, 1.165) is 0 Å². The van der Waals surface area contributed by atoms with Crippen molar-refractivity contribution in [2.45, 2.75) is 16.6 Å². The van der Waals surface area contributed by atoms with Gasteiger partial charge in [0.2, 0.25) is 15.9 Å². The molecule has 11 heteroatoms. The van der Waals surface area contributed by atoms with Gasteiger partial charge in [-0.25, -0.2) is 22.5 Å². The van der Waals surface area contributed by atoms with Crippen LogP contribution in [0.3, 0.4) is 0 Å². The summed E-state index contributed by atoms with van der Waals surface area (Å²) < 4.78 is 47.9. The molecule has 4 aromatic rings. The van der Waals surface area contributed by atoms with Crippen molar-refractivity contribution in [2.75, 3.05) is 11.1 Å². The number of furan rings is 1.